The lowest BCUT2D eigenvalue weighted by atomic mass is 9.99. The number of aliphatic hydroxyl groups is 1. The van der Waals surface area contributed by atoms with Gasteiger partial charge in [-0.3, -0.25) is 13.9 Å². The molecule has 1 aromatic carbocycles. The highest BCUT2D eigenvalue weighted by molar-refractivity contribution is 7.52. The first-order chi connectivity index (χ1) is 18.1. The number of carbonyl (C=O) groups is 1. The van der Waals surface area contributed by atoms with Crippen LogP contribution >= 0.6 is 19.3 Å². The van der Waals surface area contributed by atoms with Crippen LogP contribution in [0.25, 0.3) is 11.2 Å². The summed E-state index contributed by atoms with van der Waals surface area (Å²) < 4.78 is 37.6. The van der Waals surface area contributed by atoms with E-state index in [9.17, 15) is 14.5 Å². The lowest BCUT2D eigenvalue weighted by molar-refractivity contribution is -0.144. The molecule has 2 aromatic heterocycles. The molecule has 1 fully saturated rings. The third-order valence-electron chi connectivity index (χ3n) is 5.69. The van der Waals surface area contributed by atoms with Crippen molar-refractivity contribution < 1.29 is 33.0 Å². The van der Waals surface area contributed by atoms with E-state index in [0.717, 1.165) is 0 Å². The number of nitrogens with one attached hydrogen (secondary N) is 1. The van der Waals surface area contributed by atoms with Gasteiger partial charge in [-0.05, 0) is 37.6 Å². The number of imidazole rings is 1. The van der Waals surface area contributed by atoms with E-state index in [1.54, 1.807) is 37.3 Å². The molecule has 0 bridgehead atoms. The second kappa shape index (κ2) is 11.2. The topological polar surface area (TPSA) is 173 Å². The highest BCUT2D eigenvalue weighted by Gasteiger charge is 2.50. The van der Waals surface area contributed by atoms with Gasteiger partial charge in [0.05, 0.1) is 12.9 Å². The van der Waals surface area contributed by atoms with Gasteiger partial charge in [0.1, 0.15) is 36.2 Å². The van der Waals surface area contributed by atoms with Crippen LogP contribution in [0.3, 0.4) is 0 Å². The summed E-state index contributed by atoms with van der Waals surface area (Å²) in [7, 11) is -4.25. The van der Waals surface area contributed by atoms with Crippen molar-refractivity contribution in [2.75, 3.05) is 18.9 Å². The fraction of sp³-hybridized carbons (Fsp3) is 0.391. The number of hydrogen-bond donors (Lipinski definition) is 3. The third kappa shape index (κ3) is 5.76. The van der Waals surface area contributed by atoms with Crippen LogP contribution in [-0.2, 0) is 23.4 Å². The standard InChI is InChI=1S/C23H26ClN6O7P/c1-4-23(16(31)11-17(36-23)30-13-26-18-19(25)27-22(24)28-20(18)30)12-35-38(33,29-14(3)21(32)34-5-2)37-15-9-7-6-8-10-15/h1,6-10,13-14,16-17,31H,5,11-12H2,2-3H3,(H,29,33)(H2,25,27,28)/t14-,16-,17+,23+,38?/m0/s1. The fourth-order valence-electron chi connectivity index (χ4n) is 3.79. The number of anilines is 1. The minimum absolute atomic E-state index is 0.0110. The van der Waals surface area contributed by atoms with Crippen LogP contribution < -0.4 is 15.3 Å². The number of para-hydroxylation sites is 1. The average molecular weight is 565 g/mol. The second-order valence-electron chi connectivity index (χ2n) is 8.34. The summed E-state index contributed by atoms with van der Waals surface area (Å²) in [5.41, 5.74) is 4.70. The van der Waals surface area contributed by atoms with Crippen LogP contribution in [0.15, 0.2) is 36.7 Å². The van der Waals surface area contributed by atoms with E-state index in [1.165, 1.54) is 17.8 Å². The van der Waals surface area contributed by atoms with Crippen LogP contribution in [0.4, 0.5) is 5.82 Å². The molecule has 38 heavy (non-hydrogen) atoms. The van der Waals surface area contributed by atoms with E-state index in [4.69, 9.17) is 42.3 Å². The van der Waals surface area contributed by atoms with Gasteiger partial charge in [-0.25, -0.2) is 9.55 Å². The number of nitrogens with zero attached hydrogens (tertiary/aromatic N) is 4. The number of rotatable bonds is 10. The highest BCUT2D eigenvalue weighted by atomic mass is 35.5. The van der Waals surface area contributed by atoms with Gasteiger partial charge in [0.15, 0.2) is 17.1 Å². The molecule has 3 aromatic rings. The maximum Gasteiger partial charge on any atom is 0.459 e. The number of carbonyl (C=O) groups excluding carboxylic acids is 1. The lowest BCUT2D eigenvalue weighted by Gasteiger charge is -2.29. The maximum atomic E-state index is 13.8. The Bertz CT molecular complexity index is 1400. The zero-order valence-corrected chi connectivity index (χ0v) is 22.1. The number of fused-ring (bicyclic) bond motifs is 1. The first-order valence-corrected chi connectivity index (χ1v) is 13.4. The number of aromatic nitrogens is 4. The zero-order chi connectivity index (χ0) is 27.5. The SMILES string of the molecule is C#C[C@]1(COP(=O)(N[C@@H](C)C(=O)OCC)Oc2ccccc2)O[C@@H](n2cnc3c(N)nc(Cl)nc32)C[C@@H]1O. The van der Waals surface area contributed by atoms with Gasteiger partial charge in [0.2, 0.25) is 5.28 Å². The Hall–Kier alpha value is -3.24. The molecule has 0 amide bonds. The van der Waals surface area contributed by atoms with E-state index < -0.39 is 44.3 Å². The van der Waals surface area contributed by atoms with Crippen molar-refractivity contribution in [3.05, 3.63) is 41.9 Å². The molecular weight excluding hydrogens is 539 g/mol. The number of nitrogens with two attached hydrogens (primary N) is 1. The normalized spacial score (nSPS) is 23.4. The molecule has 1 saturated heterocycles. The fourth-order valence-corrected chi connectivity index (χ4v) is 5.48. The van der Waals surface area contributed by atoms with Gasteiger partial charge in [0, 0.05) is 6.42 Å². The predicted molar refractivity (Wildman–Crippen MR) is 137 cm³/mol. The average Bonchev–Trinajstić information content (AvgIpc) is 3.44. The van der Waals surface area contributed by atoms with E-state index in [1.807, 2.05) is 0 Å². The molecule has 1 unspecified atom stereocenters. The van der Waals surface area contributed by atoms with Crippen LogP contribution in [0.5, 0.6) is 5.75 Å². The van der Waals surface area contributed by atoms with Crippen molar-refractivity contribution in [3.63, 3.8) is 0 Å². The van der Waals surface area contributed by atoms with E-state index in [2.05, 4.69) is 26.0 Å². The summed E-state index contributed by atoms with van der Waals surface area (Å²) in [6, 6.07) is 7.15. The first-order valence-electron chi connectivity index (χ1n) is 11.5. The summed E-state index contributed by atoms with van der Waals surface area (Å²) in [6.45, 7) is 2.66. The molecule has 1 aliphatic rings. The monoisotopic (exact) mass is 564 g/mol. The quantitative estimate of drug-likeness (QED) is 0.142. The van der Waals surface area contributed by atoms with Gasteiger partial charge in [-0.15, -0.1) is 6.42 Å². The smallest absolute Gasteiger partial charge is 0.459 e. The molecule has 13 nitrogen and oxygen atoms in total. The van der Waals surface area contributed by atoms with Crippen molar-refractivity contribution >= 4 is 42.3 Å². The molecule has 0 saturated carbocycles. The number of aliphatic hydroxyl groups excluding tert-OH is 1. The predicted octanol–water partition coefficient (Wildman–Crippen LogP) is 2.46. The number of hydrogen-bond acceptors (Lipinski definition) is 11. The van der Waals surface area contributed by atoms with E-state index in [-0.39, 0.29) is 35.5 Å². The molecule has 0 aliphatic carbocycles. The Morgan fingerprint density at radius 3 is 2.87 bits per heavy atom. The molecule has 15 heteroatoms. The summed E-state index contributed by atoms with van der Waals surface area (Å²) in [5.74, 6) is 2.03. The largest absolute Gasteiger partial charge is 0.465 e. The van der Waals surface area contributed by atoms with Crippen molar-refractivity contribution in [2.45, 2.75) is 44.2 Å². The molecule has 4 N–H and O–H groups in total. The summed E-state index contributed by atoms with van der Waals surface area (Å²) in [4.78, 5) is 24.4. The maximum absolute atomic E-state index is 13.8. The Morgan fingerprint density at radius 2 is 2.18 bits per heavy atom. The Balaban J connectivity index is 1.57. The van der Waals surface area contributed by atoms with Crippen molar-refractivity contribution in [2.24, 2.45) is 0 Å². The Kier molecular flexibility index (Phi) is 8.22. The number of ether oxygens (including phenoxy) is 2. The second-order valence-corrected chi connectivity index (χ2v) is 10.4. The minimum atomic E-state index is -4.25. The number of terminal acetylenes is 1. The van der Waals surface area contributed by atoms with Crippen LogP contribution in [-0.4, -0.2) is 61.6 Å². The zero-order valence-electron chi connectivity index (χ0n) is 20.5. The van der Waals surface area contributed by atoms with Crippen LogP contribution in [0.1, 0.15) is 26.5 Å². The molecule has 4 rings (SSSR count). The van der Waals surface area contributed by atoms with Crippen LogP contribution in [0, 0.1) is 12.3 Å². The molecule has 5 atom stereocenters. The third-order valence-corrected chi connectivity index (χ3v) is 7.49. The van der Waals surface area contributed by atoms with Crippen molar-refractivity contribution in [1.82, 2.24) is 24.6 Å². The first kappa shape index (κ1) is 27.8. The van der Waals surface area contributed by atoms with Crippen molar-refractivity contribution in [1.29, 1.82) is 0 Å². The summed E-state index contributed by atoms with van der Waals surface area (Å²) in [6.07, 6.45) is 5.09. The van der Waals surface area contributed by atoms with E-state index >= 15 is 0 Å². The van der Waals surface area contributed by atoms with Gasteiger partial charge in [0.25, 0.3) is 0 Å². The van der Waals surface area contributed by atoms with Gasteiger partial charge in [-0.1, -0.05) is 24.1 Å². The molecule has 3 heterocycles. The van der Waals surface area contributed by atoms with Gasteiger partial charge >= 0.3 is 13.7 Å². The minimum Gasteiger partial charge on any atom is -0.465 e. The van der Waals surface area contributed by atoms with Crippen molar-refractivity contribution in [3.8, 4) is 18.1 Å². The number of halogens is 1. The molecule has 1 aliphatic heterocycles. The Labute approximate surface area is 223 Å². The van der Waals surface area contributed by atoms with Gasteiger partial charge < -0.3 is 24.8 Å². The Morgan fingerprint density at radius 1 is 1.45 bits per heavy atom. The molecule has 202 valence electrons. The number of nitrogen functional groups attached to an aromatic ring is 1. The molecular formula is C23H26ClN6O7P. The van der Waals surface area contributed by atoms with Crippen LogP contribution in [0.2, 0.25) is 5.28 Å². The summed E-state index contributed by atoms with van der Waals surface area (Å²) >= 11 is 5.95. The highest BCUT2D eigenvalue weighted by Crippen LogP contribution is 2.48. The lowest BCUT2D eigenvalue weighted by Crippen LogP contribution is -2.43. The summed E-state index contributed by atoms with van der Waals surface area (Å²) in [5, 5.41) is 13.4. The number of esters is 1. The number of benzene rings is 1. The molecule has 0 radical (unpaired) electrons. The van der Waals surface area contributed by atoms with Gasteiger partial charge in [-0.2, -0.15) is 15.1 Å². The molecule has 0 spiro atoms. The van der Waals surface area contributed by atoms with E-state index in [0.29, 0.717) is 5.52 Å².